The van der Waals surface area contributed by atoms with Crippen molar-refractivity contribution in [1.29, 1.82) is 0 Å². The molecule has 3 rings (SSSR count). The summed E-state index contributed by atoms with van der Waals surface area (Å²) in [6.07, 6.45) is 1.57. The summed E-state index contributed by atoms with van der Waals surface area (Å²) in [6, 6.07) is 10.8. The second-order valence-corrected chi connectivity index (χ2v) is 5.48. The number of fused-ring (bicyclic) bond motifs is 1. The van der Waals surface area contributed by atoms with E-state index in [0.717, 1.165) is 0 Å². The molecule has 0 N–H and O–H groups in total. The summed E-state index contributed by atoms with van der Waals surface area (Å²) in [5.41, 5.74) is 2.51. The van der Waals surface area contributed by atoms with Crippen molar-refractivity contribution in [2.24, 2.45) is 0 Å². The van der Waals surface area contributed by atoms with Gasteiger partial charge in [0.2, 0.25) is 0 Å². The number of pyridine rings is 1. The highest BCUT2D eigenvalue weighted by atomic mass is 16.4. The van der Waals surface area contributed by atoms with E-state index in [0.29, 0.717) is 22.7 Å². The van der Waals surface area contributed by atoms with Gasteiger partial charge in [-0.05, 0) is 23.6 Å². The molecule has 0 aliphatic carbocycles. The molecular weight excluding hydrogens is 280 g/mol. The molecule has 0 unspecified atom stereocenters. The average Bonchev–Trinajstić information content (AvgIpc) is 2.83. The van der Waals surface area contributed by atoms with Gasteiger partial charge in [-0.2, -0.15) is 0 Å². The Bertz CT molecular complexity index is 873. The molecule has 1 aromatic carbocycles. The predicted molar refractivity (Wildman–Crippen MR) is 83.1 cm³/mol. The molecule has 0 fully saturated rings. The molecule has 0 aliphatic heterocycles. The molecule has 0 atom stereocenters. The van der Waals surface area contributed by atoms with Crippen LogP contribution in [0.15, 0.2) is 51.8 Å². The van der Waals surface area contributed by atoms with E-state index < -0.39 is 5.76 Å². The number of oxazole rings is 1. The molecule has 0 spiro atoms. The fraction of sp³-hybridized carbons (Fsp3) is 0.235. The van der Waals surface area contributed by atoms with Gasteiger partial charge in [0.25, 0.3) is 0 Å². The minimum absolute atomic E-state index is 0.0795. The van der Waals surface area contributed by atoms with E-state index in [1.54, 1.807) is 30.5 Å². The molecule has 5 nitrogen and oxygen atoms in total. The van der Waals surface area contributed by atoms with Crippen LogP contribution < -0.4 is 5.76 Å². The van der Waals surface area contributed by atoms with Crippen LogP contribution in [-0.2, 0) is 6.54 Å². The summed E-state index contributed by atoms with van der Waals surface area (Å²) in [4.78, 5) is 28.3. The van der Waals surface area contributed by atoms with Gasteiger partial charge in [0.05, 0.1) is 6.54 Å². The Kier molecular flexibility index (Phi) is 3.63. The van der Waals surface area contributed by atoms with E-state index in [-0.39, 0.29) is 12.3 Å². The van der Waals surface area contributed by atoms with Crippen molar-refractivity contribution in [2.45, 2.75) is 26.3 Å². The predicted octanol–water partition coefficient (Wildman–Crippen LogP) is 3.00. The molecular formula is C17H16N2O3. The van der Waals surface area contributed by atoms with Gasteiger partial charge in [-0.1, -0.05) is 38.1 Å². The van der Waals surface area contributed by atoms with E-state index in [1.165, 1.54) is 10.1 Å². The third-order valence-electron chi connectivity index (χ3n) is 3.63. The van der Waals surface area contributed by atoms with Crippen LogP contribution in [-0.4, -0.2) is 15.3 Å². The number of hydrogen-bond donors (Lipinski definition) is 0. The molecule has 0 saturated heterocycles. The highest BCUT2D eigenvalue weighted by Crippen LogP contribution is 2.16. The normalized spacial score (nSPS) is 11.2. The lowest BCUT2D eigenvalue weighted by atomic mass is 10.0. The zero-order chi connectivity index (χ0) is 15.7. The topological polar surface area (TPSA) is 65.1 Å². The molecule has 0 saturated carbocycles. The Morgan fingerprint density at radius 3 is 2.64 bits per heavy atom. The second kappa shape index (κ2) is 5.60. The van der Waals surface area contributed by atoms with Crippen LogP contribution in [0.5, 0.6) is 0 Å². The van der Waals surface area contributed by atoms with Crippen molar-refractivity contribution in [3.63, 3.8) is 0 Å². The standard InChI is InChI=1S/C17H16N2O3/c1-11(2)12-5-7-13(8-6-12)14(20)10-19-16-15(22-17(19)21)4-3-9-18-16/h3-9,11H,10H2,1-2H3. The van der Waals surface area contributed by atoms with Gasteiger partial charge < -0.3 is 4.42 Å². The summed E-state index contributed by atoms with van der Waals surface area (Å²) in [5.74, 6) is -0.305. The number of rotatable bonds is 4. The van der Waals surface area contributed by atoms with Crippen LogP contribution >= 0.6 is 0 Å². The van der Waals surface area contributed by atoms with Gasteiger partial charge in [-0.15, -0.1) is 0 Å². The van der Waals surface area contributed by atoms with Gasteiger partial charge >= 0.3 is 5.76 Å². The zero-order valence-electron chi connectivity index (χ0n) is 12.4. The highest BCUT2D eigenvalue weighted by Gasteiger charge is 2.14. The van der Waals surface area contributed by atoms with E-state index in [4.69, 9.17) is 4.42 Å². The summed E-state index contributed by atoms with van der Waals surface area (Å²) in [5, 5.41) is 0. The first kappa shape index (κ1) is 14.3. The zero-order valence-corrected chi connectivity index (χ0v) is 12.4. The lowest BCUT2D eigenvalue weighted by Crippen LogP contribution is -2.20. The van der Waals surface area contributed by atoms with Crippen LogP contribution in [0.25, 0.3) is 11.2 Å². The lowest BCUT2D eigenvalue weighted by Gasteiger charge is -2.06. The molecule has 0 radical (unpaired) electrons. The largest absolute Gasteiger partial charge is 0.421 e. The number of nitrogens with zero attached hydrogens (tertiary/aromatic N) is 2. The summed E-state index contributed by atoms with van der Waals surface area (Å²) in [7, 11) is 0. The summed E-state index contributed by atoms with van der Waals surface area (Å²) in [6.45, 7) is 4.11. The van der Waals surface area contributed by atoms with Crippen LogP contribution in [0.3, 0.4) is 0 Å². The van der Waals surface area contributed by atoms with Gasteiger partial charge in [-0.3, -0.25) is 9.36 Å². The molecule has 5 heteroatoms. The van der Waals surface area contributed by atoms with E-state index >= 15 is 0 Å². The van der Waals surface area contributed by atoms with E-state index in [1.807, 2.05) is 12.1 Å². The molecule has 0 bridgehead atoms. The Hall–Kier alpha value is -2.69. The average molecular weight is 296 g/mol. The molecule has 3 aromatic rings. The Labute approximate surface area is 127 Å². The lowest BCUT2D eigenvalue weighted by molar-refractivity contribution is 0.0970. The van der Waals surface area contributed by atoms with Crippen molar-refractivity contribution >= 4 is 17.0 Å². The first-order valence-electron chi connectivity index (χ1n) is 7.14. The third kappa shape index (κ3) is 2.57. The molecule has 2 aromatic heterocycles. The molecule has 112 valence electrons. The molecule has 2 heterocycles. The second-order valence-electron chi connectivity index (χ2n) is 5.48. The van der Waals surface area contributed by atoms with Crippen molar-refractivity contribution in [3.8, 4) is 0 Å². The number of ketones is 1. The monoisotopic (exact) mass is 296 g/mol. The maximum atomic E-state index is 12.4. The number of hydrogen-bond acceptors (Lipinski definition) is 4. The van der Waals surface area contributed by atoms with E-state index in [2.05, 4.69) is 18.8 Å². The van der Waals surface area contributed by atoms with Gasteiger partial charge in [-0.25, -0.2) is 9.78 Å². The molecule has 0 aliphatic rings. The Balaban J connectivity index is 1.90. The quantitative estimate of drug-likeness (QED) is 0.694. The maximum absolute atomic E-state index is 12.4. The van der Waals surface area contributed by atoms with Crippen molar-refractivity contribution in [2.75, 3.05) is 0 Å². The molecule has 22 heavy (non-hydrogen) atoms. The molecule has 0 amide bonds. The van der Waals surface area contributed by atoms with Gasteiger partial charge in [0, 0.05) is 11.8 Å². The smallest absolute Gasteiger partial charge is 0.406 e. The minimum Gasteiger partial charge on any atom is -0.406 e. The Morgan fingerprint density at radius 2 is 1.95 bits per heavy atom. The van der Waals surface area contributed by atoms with Gasteiger partial charge in [0.15, 0.2) is 17.0 Å². The minimum atomic E-state index is -0.569. The van der Waals surface area contributed by atoms with Crippen LogP contribution in [0.4, 0.5) is 0 Å². The first-order chi connectivity index (χ1) is 10.6. The van der Waals surface area contributed by atoms with Crippen LogP contribution in [0.2, 0.25) is 0 Å². The van der Waals surface area contributed by atoms with Crippen molar-refractivity contribution in [3.05, 3.63) is 64.3 Å². The fourth-order valence-electron chi connectivity index (χ4n) is 2.33. The highest BCUT2D eigenvalue weighted by molar-refractivity contribution is 5.96. The number of carbonyl (C=O) groups is 1. The van der Waals surface area contributed by atoms with E-state index in [9.17, 15) is 9.59 Å². The number of benzene rings is 1. The SMILES string of the molecule is CC(C)c1ccc(C(=O)Cn2c(=O)oc3cccnc32)cc1. The van der Waals surface area contributed by atoms with Crippen LogP contribution in [0.1, 0.15) is 35.7 Å². The summed E-state index contributed by atoms with van der Waals surface area (Å²) < 4.78 is 6.34. The first-order valence-corrected chi connectivity index (χ1v) is 7.14. The Morgan fingerprint density at radius 1 is 1.23 bits per heavy atom. The van der Waals surface area contributed by atoms with Crippen molar-refractivity contribution in [1.82, 2.24) is 9.55 Å². The fourth-order valence-corrected chi connectivity index (χ4v) is 2.33. The summed E-state index contributed by atoms with van der Waals surface area (Å²) >= 11 is 0. The van der Waals surface area contributed by atoms with Gasteiger partial charge in [0.1, 0.15) is 0 Å². The third-order valence-corrected chi connectivity index (χ3v) is 3.63. The maximum Gasteiger partial charge on any atom is 0.421 e. The van der Waals surface area contributed by atoms with Crippen LogP contribution in [0, 0.1) is 0 Å². The number of Topliss-reactive ketones (excluding diaryl/α,β-unsaturated/α-hetero) is 1. The van der Waals surface area contributed by atoms with Crippen molar-refractivity contribution < 1.29 is 9.21 Å². The number of aromatic nitrogens is 2. The number of carbonyl (C=O) groups excluding carboxylic acids is 1.